The summed E-state index contributed by atoms with van der Waals surface area (Å²) in [5.74, 6) is 1.42. The first-order valence-electron chi connectivity index (χ1n) is 6.61. The number of benzene rings is 1. The average Bonchev–Trinajstić information content (AvgIpc) is 3.02. The Morgan fingerprint density at radius 3 is 3.00 bits per heavy atom. The summed E-state index contributed by atoms with van der Waals surface area (Å²) in [5, 5.41) is 7.60. The lowest BCUT2D eigenvalue weighted by Crippen LogP contribution is -2.08. The van der Waals surface area contributed by atoms with Crippen LogP contribution in [0.15, 0.2) is 22.7 Å². The van der Waals surface area contributed by atoms with E-state index in [1.165, 1.54) is 6.07 Å². The molecule has 6 heteroatoms. The molecule has 2 heterocycles. The third-order valence-electron chi connectivity index (χ3n) is 3.72. The lowest BCUT2D eigenvalue weighted by Gasteiger charge is -2.07. The zero-order valence-corrected chi connectivity index (χ0v) is 11.8. The molecule has 1 aromatic heterocycles. The van der Waals surface area contributed by atoms with Crippen molar-refractivity contribution in [1.82, 2.24) is 15.5 Å². The molecule has 1 fully saturated rings. The first-order chi connectivity index (χ1) is 9.65. The summed E-state index contributed by atoms with van der Waals surface area (Å²) in [5.41, 5.74) is 0.402. The molecular formula is C14H15ClFN3O. The molecule has 1 aliphatic rings. The molecule has 1 saturated heterocycles. The van der Waals surface area contributed by atoms with Gasteiger partial charge in [-0.3, -0.25) is 0 Å². The van der Waals surface area contributed by atoms with Gasteiger partial charge in [-0.2, -0.15) is 4.98 Å². The van der Waals surface area contributed by atoms with Gasteiger partial charge in [0, 0.05) is 23.6 Å². The molecule has 106 valence electrons. The third-order valence-corrected chi connectivity index (χ3v) is 4.07. The molecule has 20 heavy (non-hydrogen) atoms. The van der Waals surface area contributed by atoms with Crippen LogP contribution in [0.3, 0.4) is 0 Å². The molecular weight excluding hydrogens is 281 g/mol. The highest BCUT2D eigenvalue weighted by Gasteiger charge is 2.29. The van der Waals surface area contributed by atoms with Gasteiger partial charge in [0.25, 0.3) is 0 Å². The minimum atomic E-state index is -0.347. The first kappa shape index (κ1) is 13.5. The average molecular weight is 296 g/mol. The minimum Gasteiger partial charge on any atom is -0.339 e. The van der Waals surface area contributed by atoms with Crippen molar-refractivity contribution in [3.63, 3.8) is 0 Å². The van der Waals surface area contributed by atoms with E-state index < -0.39 is 0 Å². The van der Waals surface area contributed by atoms with Crippen molar-refractivity contribution in [2.45, 2.75) is 19.3 Å². The SMILES string of the molecule is CC1CNCC1c1nc(Cc2c(F)cccc2Cl)no1. The van der Waals surface area contributed by atoms with Crippen molar-refractivity contribution >= 4 is 11.6 Å². The first-order valence-corrected chi connectivity index (χ1v) is 6.99. The summed E-state index contributed by atoms with van der Waals surface area (Å²) in [4.78, 5) is 4.38. The second kappa shape index (κ2) is 5.50. The standard InChI is InChI=1S/C14H15ClFN3O/c1-8-6-17-7-10(8)14-18-13(19-20-14)5-9-11(15)3-2-4-12(9)16/h2-4,8,10,17H,5-7H2,1H3. The number of aromatic nitrogens is 2. The van der Waals surface area contributed by atoms with Crippen molar-refractivity contribution in [3.8, 4) is 0 Å². The molecule has 1 N–H and O–H groups in total. The van der Waals surface area contributed by atoms with E-state index in [0.717, 1.165) is 13.1 Å². The molecule has 1 aliphatic heterocycles. The smallest absolute Gasteiger partial charge is 0.231 e. The molecule has 0 aliphatic carbocycles. The highest BCUT2D eigenvalue weighted by atomic mass is 35.5. The zero-order valence-electron chi connectivity index (χ0n) is 11.1. The highest BCUT2D eigenvalue weighted by molar-refractivity contribution is 6.31. The van der Waals surface area contributed by atoms with Gasteiger partial charge in [0.2, 0.25) is 5.89 Å². The van der Waals surface area contributed by atoms with Crippen LogP contribution in [0.5, 0.6) is 0 Å². The summed E-state index contributed by atoms with van der Waals surface area (Å²) in [6, 6.07) is 4.61. The number of nitrogens with one attached hydrogen (secondary N) is 1. The van der Waals surface area contributed by atoms with Crippen LogP contribution in [0.4, 0.5) is 4.39 Å². The lowest BCUT2D eigenvalue weighted by atomic mass is 9.98. The van der Waals surface area contributed by atoms with Crippen molar-refractivity contribution in [2.75, 3.05) is 13.1 Å². The summed E-state index contributed by atoms with van der Waals surface area (Å²) in [6.07, 6.45) is 0.240. The Morgan fingerprint density at radius 1 is 1.45 bits per heavy atom. The monoisotopic (exact) mass is 295 g/mol. The van der Waals surface area contributed by atoms with Gasteiger partial charge in [0.1, 0.15) is 5.82 Å². The molecule has 2 aromatic rings. The molecule has 1 aromatic carbocycles. The fourth-order valence-electron chi connectivity index (χ4n) is 2.49. The van der Waals surface area contributed by atoms with Gasteiger partial charge in [-0.25, -0.2) is 4.39 Å². The minimum absolute atomic E-state index is 0.229. The van der Waals surface area contributed by atoms with E-state index in [1.54, 1.807) is 12.1 Å². The Labute approximate surface area is 121 Å². The summed E-state index contributed by atoms with van der Waals surface area (Å²) >= 11 is 6.00. The van der Waals surface area contributed by atoms with Crippen LogP contribution < -0.4 is 5.32 Å². The van der Waals surface area contributed by atoms with E-state index in [9.17, 15) is 4.39 Å². The van der Waals surface area contributed by atoms with Crippen LogP contribution in [0.1, 0.15) is 30.1 Å². The molecule has 2 unspecified atom stereocenters. The quantitative estimate of drug-likeness (QED) is 0.946. The summed E-state index contributed by atoms with van der Waals surface area (Å²) in [7, 11) is 0. The van der Waals surface area contributed by atoms with Crippen molar-refractivity contribution in [2.24, 2.45) is 5.92 Å². The van der Waals surface area contributed by atoms with Gasteiger partial charge in [-0.1, -0.05) is 29.7 Å². The van der Waals surface area contributed by atoms with E-state index in [0.29, 0.717) is 28.2 Å². The van der Waals surface area contributed by atoms with E-state index in [4.69, 9.17) is 16.1 Å². The number of rotatable bonds is 3. The molecule has 3 rings (SSSR count). The normalized spacial score (nSPS) is 22.4. The number of hydrogen-bond acceptors (Lipinski definition) is 4. The Bertz CT molecular complexity index is 596. The van der Waals surface area contributed by atoms with Gasteiger partial charge in [0.05, 0.1) is 5.92 Å². The summed E-state index contributed by atoms with van der Waals surface area (Å²) in [6.45, 7) is 3.92. The topological polar surface area (TPSA) is 51.0 Å². The Kier molecular flexibility index (Phi) is 3.72. The number of halogens is 2. The maximum atomic E-state index is 13.7. The summed E-state index contributed by atoms with van der Waals surface area (Å²) < 4.78 is 19.0. The van der Waals surface area contributed by atoms with Crippen LogP contribution >= 0.6 is 11.6 Å². The number of hydrogen-bond donors (Lipinski definition) is 1. The van der Waals surface area contributed by atoms with Crippen LogP contribution in [0.25, 0.3) is 0 Å². The largest absolute Gasteiger partial charge is 0.339 e. The molecule has 0 bridgehead atoms. The van der Waals surface area contributed by atoms with Crippen LogP contribution in [0.2, 0.25) is 5.02 Å². The van der Waals surface area contributed by atoms with Crippen LogP contribution in [0, 0.1) is 11.7 Å². The number of nitrogens with zero attached hydrogens (tertiary/aromatic N) is 2. The van der Waals surface area contributed by atoms with E-state index in [1.807, 2.05) is 0 Å². The Balaban J connectivity index is 1.81. The fourth-order valence-corrected chi connectivity index (χ4v) is 2.72. The molecule has 0 amide bonds. The van der Waals surface area contributed by atoms with Crippen LogP contribution in [-0.4, -0.2) is 23.2 Å². The van der Waals surface area contributed by atoms with Gasteiger partial charge >= 0.3 is 0 Å². The van der Waals surface area contributed by atoms with Crippen molar-refractivity contribution < 1.29 is 8.91 Å². The fraction of sp³-hybridized carbons (Fsp3) is 0.429. The predicted octanol–water partition coefficient (Wildman–Crippen LogP) is 2.78. The van der Waals surface area contributed by atoms with Crippen molar-refractivity contribution in [1.29, 1.82) is 0 Å². The second-order valence-electron chi connectivity index (χ2n) is 5.17. The molecule has 0 spiro atoms. The molecule has 0 saturated carbocycles. The maximum Gasteiger partial charge on any atom is 0.231 e. The van der Waals surface area contributed by atoms with E-state index in [-0.39, 0.29) is 18.2 Å². The van der Waals surface area contributed by atoms with E-state index >= 15 is 0 Å². The van der Waals surface area contributed by atoms with E-state index in [2.05, 4.69) is 22.4 Å². The maximum absolute atomic E-state index is 13.7. The third kappa shape index (κ3) is 2.55. The van der Waals surface area contributed by atoms with Crippen LogP contribution in [-0.2, 0) is 6.42 Å². The molecule has 0 radical (unpaired) electrons. The van der Waals surface area contributed by atoms with Crippen molar-refractivity contribution in [3.05, 3.63) is 46.3 Å². The highest BCUT2D eigenvalue weighted by Crippen LogP contribution is 2.27. The van der Waals surface area contributed by atoms with Gasteiger partial charge in [-0.05, 0) is 24.6 Å². The zero-order chi connectivity index (χ0) is 14.1. The molecule has 2 atom stereocenters. The Hall–Kier alpha value is -1.46. The van der Waals surface area contributed by atoms with Gasteiger partial charge < -0.3 is 9.84 Å². The van der Waals surface area contributed by atoms with Gasteiger partial charge in [-0.15, -0.1) is 0 Å². The lowest BCUT2D eigenvalue weighted by molar-refractivity contribution is 0.337. The second-order valence-corrected chi connectivity index (χ2v) is 5.58. The van der Waals surface area contributed by atoms with Gasteiger partial charge in [0.15, 0.2) is 5.82 Å². The molecule has 4 nitrogen and oxygen atoms in total. The predicted molar refractivity (Wildman–Crippen MR) is 73.3 cm³/mol. The Morgan fingerprint density at radius 2 is 2.30 bits per heavy atom.